The van der Waals surface area contributed by atoms with Gasteiger partial charge in [-0.25, -0.2) is 0 Å². The number of ether oxygens (including phenoxy) is 2. The van der Waals surface area contributed by atoms with Gasteiger partial charge in [0.1, 0.15) is 0 Å². The Morgan fingerprint density at radius 2 is 1.88 bits per heavy atom. The van der Waals surface area contributed by atoms with Crippen LogP contribution in [0.4, 0.5) is 0 Å². The number of amides is 2. The lowest BCUT2D eigenvalue weighted by atomic mass is 10.0. The molecule has 0 saturated carbocycles. The molecule has 3 heterocycles. The first kappa shape index (κ1) is 20.6. The Morgan fingerprint density at radius 1 is 1.06 bits per heavy atom. The first-order valence-electron chi connectivity index (χ1n) is 11.0. The Hall–Kier alpha value is -3.32. The van der Waals surface area contributed by atoms with E-state index in [1.807, 2.05) is 30.3 Å². The molecule has 7 heteroatoms. The molecule has 0 aliphatic carbocycles. The van der Waals surface area contributed by atoms with Gasteiger partial charge in [0.2, 0.25) is 11.8 Å². The van der Waals surface area contributed by atoms with Crippen molar-refractivity contribution in [2.45, 2.75) is 31.8 Å². The number of aromatic amines is 1. The Morgan fingerprint density at radius 3 is 2.69 bits per heavy atom. The van der Waals surface area contributed by atoms with Crippen molar-refractivity contribution in [3.05, 3.63) is 59.3 Å². The molecule has 1 aromatic heterocycles. The Bertz CT molecular complexity index is 1190. The molecule has 1 atom stereocenters. The molecule has 1 unspecified atom stereocenters. The van der Waals surface area contributed by atoms with E-state index in [1.165, 1.54) is 21.5 Å². The van der Waals surface area contributed by atoms with Crippen LogP contribution >= 0.6 is 0 Å². The molecule has 166 valence electrons. The van der Waals surface area contributed by atoms with Crippen molar-refractivity contribution >= 4 is 22.7 Å². The number of hydrogen-bond donors (Lipinski definition) is 1. The molecular weight excluding hydrogens is 406 g/mol. The smallest absolute Gasteiger partial charge is 0.247 e. The quantitative estimate of drug-likeness (QED) is 0.605. The van der Waals surface area contributed by atoms with Gasteiger partial charge in [0, 0.05) is 42.7 Å². The van der Waals surface area contributed by atoms with E-state index < -0.39 is 0 Å². The normalized spacial score (nSPS) is 18.9. The number of methoxy groups -OCH3 is 2. The Balaban J connectivity index is 1.28. The van der Waals surface area contributed by atoms with E-state index in [-0.39, 0.29) is 24.3 Å². The van der Waals surface area contributed by atoms with Gasteiger partial charge in [-0.2, -0.15) is 0 Å². The molecule has 0 radical (unpaired) electrons. The van der Waals surface area contributed by atoms with Crippen molar-refractivity contribution in [3.8, 4) is 11.5 Å². The first-order chi connectivity index (χ1) is 15.6. The van der Waals surface area contributed by atoms with Gasteiger partial charge in [0.15, 0.2) is 11.5 Å². The maximum atomic E-state index is 13.2. The zero-order valence-corrected chi connectivity index (χ0v) is 18.4. The highest BCUT2D eigenvalue weighted by atomic mass is 16.5. The van der Waals surface area contributed by atoms with Gasteiger partial charge in [0.05, 0.1) is 26.7 Å². The fourth-order valence-corrected chi connectivity index (χ4v) is 4.92. The zero-order valence-electron chi connectivity index (χ0n) is 18.4. The van der Waals surface area contributed by atoms with Crippen LogP contribution in [0, 0.1) is 0 Å². The molecule has 2 aliphatic heterocycles. The van der Waals surface area contributed by atoms with E-state index in [0.29, 0.717) is 31.0 Å². The highest BCUT2D eigenvalue weighted by molar-refractivity contribution is 6.05. The lowest BCUT2D eigenvalue weighted by molar-refractivity contribution is -0.139. The summed E-state index contributed by atoms with van der Waals surface area (Å²) in [5, 5.41) is 1.20. The summed E-state index contributed by atoms with van der Waals surface area (Å²) in [5.41, 5.74) is 4.61. The van der Waals surface area contributed by atoms with Crippen molar-refractivity contribution in [3.63, 3.8) is 0 Å². The molecular formula is C25H27N3O4. The molecule has 0 bridgehead atoms. The number of para-hydroxylation sites is 1. The van der Waals surface area contributed by atoms with E-state index >= 15 is 0 Å². The highest BCUT2D eigenvalue weighted by Gasteiger charge is 2.42. The number of nitrogens with zero attached hydrogens (tertiary/aromatic N) is 2. The fourth-order valence-electron chi connectivity index (χ4n) is 4.92. The standard InChI is InChI=1S/C25H27N3O4/c1-31-22-8-7-16(13-23(22)32-2)9-12-28-24(29)14-21(25(28)30)27-11-10-20-18(15-27)17-5-3-4-6-19(17)26-20/h3-8,13,21,26H,9-12,14-15H2,1-2H3. The topological polar surface area (TPSA) is 74.9 Å². The number of benzene rings is 2. The summed E-state index contributed by atoms with van der Waals surface area (Å²) in [5.74, 6) is 1.13. The minimum atomic E-state index is -0.380. The summed E-state index contributed by atoms with van der Waals surface area (Å²) in [4.78, 5) is 33.0. The second-order valence-electron chi connectivity index (χ2n) is 8.39. The molecule has 1 saturated heterocycles. The van der Waals surface area contributed by atoms with Crippen LogP contribution in [-0.2, 0) is 29.0 Å². The van der Waals surface area contributed by atoms with E-state index in [0.717, 1.165) is 24.0 Å². The number of likely N-dealkylation sites (tertiary alicyclic amines) is 1. The fraction of sp³-hybridized carbons (Fsp3) is 0.360. The molecule has 7 nitrogen and oxygen atoms in total. The van der Waals surface area contributed by atoms with Crippen molar-refractivity contribution < 1.29 is 19.1 Å². The summed E-state index contributed by atoms with van der Waals surface area (Å²) in [6.07, 6.45) is 1.69. The predicted octanol–water partition coefficient (Wildman–Crippen LogP) is 2.91. The average molecular weight is 434 g/mol. The Kier molecular flexibility index (Phi) is 5.35. The summed E-state index contributed by atoms with van der Waals surface area (Å²) < 4.78 is 10.6. The van der Waals surface area contributed by atoms with Gasteiger partial charge in [-0.05, 0) is 35.7 Å². The number of imide groups is 1. The van der Waals surface area contributed by atoms with Gasteiger partial charge in [-0.3, -0.25) is 19.4 Å². The SMILES string of the molecule is COc1ccc(CCN2C(=O)CC(N3CCc4[nH]c5ccccc5c4C3)C2=O)cc1OC. The summed E-state index contributed by atoms with van der Waals surface area (Å²) in [6.45, 7) is 1.83. The van der Waals surface area contributed by atoms with Crippen LogP contribution in [0.3, 0.4) is 0 Å². The van der Waals surface area contributed by atoms with Crippen molar-refractivity contribution in [2.75, 3.05) is 27.3 Å². The Labute approximate surface area is 186 Å². The van der Waals surface area contributed by atoms with Gasteiger partial charge in [-0.15, -0.1) is 0 Å². The molecule has 2 aliphatic rings. The first-order valence-corrected chi connectivity index (χ1v) is 11.0. The van der Waals surface area contributed by atoms with Crippen LogP contribution in [0.25, 0.3) is 10.9 Å². The number of fused-ring (bicyclic) bond motifs is 3. The number of rotatable bonds is 6. The lowest BCUT2D eigenvalue weighted by Crippen LogP contribution is -2.44. The molecule has 1 fully saturated rings. The maximum Gasteiger partial charge on any atom is 0.247 e. The number of hydrogen-bond acceptors (Lipinski definition) is 5. The van der Waals surface area contributed by atoms with Crippen molar-refractivity contribution in [1.82, 2.24) is 14.8 Å². The zero-order chi connectivity index (χ0) is 22.2. The summed E-state index contributed by atoms with van der Waals surface area (Å²) >= 11 is 0. The third-order valence-electron chi connectivity index (χ3n) is 6.65. The lowest BCUT2D eigenvalue weighted by Gasteiger charge is -2.31. The number of nitrogens with one attached hydrogen (secondary N) is 1. The van der Waals surface area contributed by atoms with Crippen LogP contribution in [0.1, 0.15) is 23.2 Å². The van der Waals surface area contributed by atoms with Gasteiger partial charge in [0.25, 0.3) is 0 Å². The third-order valence-corrected chi connectivity index (χ3v) is 6.65. The van der Waals surface area contributed by atoms with Gasteiger partial charge < -0.3 is 14.5 Å². The van der Waals surface area contributed by atoms with Crippen LogP contribution in [0.15, 0.2) is 42.5 Å². The summed E-state index contributed by atoms with van der Waals surface area (Å²) in [6, 6.07) is 13.6. The highest BCUT2D eigenvalue weighted by Crippen LogP contribution is 2.31. The molecule has 2 aromatic carbocycles. The van der Waals surface area contributed by atoms with Crippen LogP contribution < -0.4 is 9.47 Å². The minimum absolute atomic E-state index is 0.0845. The second-order valence-corrected chi connectivity index (χ2v) is 8.39. The molecule has 32 heavy (non-hydrogen) atoms. The van der Waals surface area contributed by atoms with Crippen molar-refractivity contribution in [1.29, 1.82) is 0 Å². The van der Waals surface area contributed by atoms with E-state index in [2.05, 4.69) is 22.0 Å². The number of H-pyrrole nitrogens is 1. The summed E-state index contributed by atoms with van der Waals surface area (Å²) in [7, 11) is 3.19. The minimum Gasteiger partial charge on any atom is -0.493 e. The van der Waals surface area contributed by atoms with E-state index in [1.54, 1.807) is 14.2 Å². The number of aromatic nitrogens is 1. The molecule has 2 amide bonds. The average Bonchev–Trinajstić information content (AvgIpc) is 3.33. The van der Waals surface area contributed by atoms with Gasteiger partial charge >= 0.3 is 0 Å². The van der Waals surface area contributed by atoms with Crippen LogP contribution in [0.5, 0.6) is 11.5 Å². The van der Waals surface area contributed by atoms with Crippen LogP contribution in [0.2, 0.25) is 0 Å². The molecule has 3 aromatic rings. The van der Waals surface area contributed by atoms with E-state index in [9.17, 15) is 9.59 Å². The van der Waals surface area contributed by atoms with Crippen LogP contribution in [-0.4, -0.2) is 59.9 Å². The van der Waals surface area contributed by atoms with E-state index in [4.69, 9.17) is 9.47 Å². The van der Waals surface area contributed by atoms with Gasteiger partial charge in [-0.1, -0.05) is 24.3 Å². The largest absolute Gasteiger partial charge is 0.493 e. The maximum absolute atomic E-state index is 13.2. The molecule has 5 rings (SSSR count). The second kappa shape index (κ2) is 8.31. The molecule has 0 spiro atoms. The monoisotopic (exact) mass is 433 g/mol. The number of carbonyl (C=O) groups excluding carboxylic acids is 2. The molecule has 1 N–H and O–H groups in total. The third kappa shape index (κ3) is 3.52. The number of carbonyl (C=O) groups is 2. The predicted molar refractivity (Wildman–Crippen MR) is 121 cm³/mol. The van der Waals surface area contributed by atoms with Crippen molar-refractivity contribution in [2.24, 2.45) is 0 Å².